The fraction of sp³-hybridized carbons (Fsp3) is 0.125. The van der Waals surface area contributed by atoms with Crippen molar-refractivity contribution < 1.29 is 15.1 Å². The lowest BCUT2D eigenvalue weighted by molar-refractivity contribution is 0.193. The molecule has 0 aliphatic rings. The van der Waals surface area contributed by atoms with Crippen LogP contribution in [0, 0.1) is 0 Å². The Bertz CT molecular complexity index is 578. The van der Waals surface area contributed by atoms with Gasteiger partial charge in [-0.3, -0.25) is 0 Å². The maximum absolute atomic E-state index is 10.4. The van der Waals surface area contributed by atoms with E-state index in [1.54, 1.807) is 12.1 Å². The minimum absolute atomic E-state index is 0.0107. The molecule has 0 radical (unpaired) electrons. The fourth-order valence-electron chi connectivity index (χ4n) is 1.24. The average Bonchev–Trinajstić information content (AvgIpc) is 2.69. The van der Waals surface area contributed by atoms with Gasteiger partial charge in [-0.2, -0.15) is 9.61 Å². The Morgan fingerprint density at radius 2 is 2.35 bits per heavy atom. The van der Waals surface area contributed by atoms with Crippen LogP contribution in [0.1, 0.15) is 11.5 Å². The SMILES string of the molecule is O=C(O)NCc1nnc2ccc(C=NO)nn12. The smallest absolute Gasteiger partial charge is 0.405 e. The van der Waals surface area contributed by atoms with Crippen LogP contribution in [-0.4, -0.2) is 42.4 Å². The summed E-state index contributed by atoms with van der Waals surface area (Å²) < 4.78 is 1.37. The molecule has 0 fully saturated rings. The van der Waals surface area contributed by atoms with E-state index in [4.69, 9.17) is 10.3 Å². The first-order chi connectivity index (χ1) is 8.20. The van der Waals surface area contributed by atoms with E-state index in [1.165, 1.54) is 4.52 Å². The van der Waals surface area contributed by atoms with Crippen molar-refractivity contribution in [2.24, 2.45) is 5.16 Å². The normalized spacial score (nSPS) is 11.1. The van der Waals surface area contributed by atoms with Crippen molar-refractivity contribution in [3.05, 3.63) is 23.7 Å². The van der Waals surface area contributed by atoms with E-state index in [0.717, 1.165) is 6.21 Å². The van der Waals surface area contributed by atoms with Crippen molar-refractivity contribution in [1.29, 1.82) is 0 Å². The zero-order valence-electron chi connectivity index (χ0n) is 8.48. The monoisotopic (exact) mass is 236 g/mol. The number of carbonyl (C=O) groups is 1. The zero-order valence-corrected chi connectivity index (χ0v) is 8.48. The highest BCUT2D eigenvalue weighted by molar-refractivity contribution is 5.76. The molecule has 0 aliphatic carbocycles. The molecule has 0 saturated heterocycles. The number of carboxylic acid groups (broad SMARTS) is 1. The quantitative estimate of drug-likeness (QED) is 0.381. The molecule has 0 saturated carbocycles. The summed E-state index contributed by atoms with van der Waals surface area (Å²) in [5, 5.41) is 33.5. The van der Waals surface area contributed by atoms with Crippen LogP contribution in [0.25, 0.3) is 5.65 Å². The van der Waals surface area contributed by atoms with E-state index in [2.05, 4.69) is 25.8 Å². The maximum atomic E-state index is 10.4. The molecule has 0 bridgehead atoms. The number of oxime groups is 1. The second-order valence-corrected chi connectivity index (χ2v) is 3.05. The summed E-state index contributed by atoms with van der Waals surface area (Å²) >= 11 is 0. The standard InChI is InChI=1S/C8H8N6O3/c15-8(16)9-4-7-12-11-6-2-1-5(3-10-17)13-14(6)7/h1-3,9,17H,4H2,(H,15,16). The molecule has 1 amide bonds. The van der Waals surface area contributed by atoms with Gasteiger partial charge in [0.05, 0.1) is 12.8 Å². The maximum Gasteiger partial charge on any atom is 0.405 e. The number of rotatable bonds is 3. The highest BCUT2D eigenvalue weighted by Crippen LogP contribution is 2.02. The van der Waals surface area contributed by atoms with Crippen LogP contribution in [0.3, 0.4) is 0 Å². The van der Waals surface area contributed by atoms with Crippen LogP contribution in [-0.2, 0) is 6.54 Å². The fourth-order valence-corrected chi connectivity index (χ4v) is 1.24. The third kappa shape index (κ3) is 2.27. The largest absolute Gasteiger partial charge is 0.465 e. The highest BCUT2D eigenvalue weighted by atomic mass is 16.4. The van der Waals surface area contributed by atoms with Gasteiger partial charge >= 0.3 is 6.09 Å². The second-order valence-electron chi connectivity index (χ2n) is 3.05. The van der Waals surface area contributed by atoms with Crippen molar-refractivity contribution in [1.82, 2.24) is 25.1 Å². The highest BCUT2D eigenvalue weighted by Gasteiger charge is 2.07. The van der Waals surface area contributed by atoms with Crippen LogP contribution in [0.5, 0.6) is 0 Å². The molecule has 0 spiro atoms. The predicted octanol–water partition coefficient (Wildman–Crippen LogP) is -0.300. The van der Waals surface area contributed by atoms with Gasteiger partial charge in [0, 0.05) is 0 Å². The first kappa shape index (κ1) is 10.8. The van der Waals surface area contributed by atoms with E-state index in [1.807, 2.05) is 0 Å². The molecule has 9 nitrogen and oxygen atoms in total. The molecule has 2 heterocycles. The van der Waals surface area contributed by atoms with Crippen molar-refractivity contribution in [2.75, 3.05) is 0 Å². The van der Waals surface area contributed by atoms with Crippen molar-refractivity contribution in [3.63, 3.8) is 0 Å². The van der Waals surface area contributed by atoms with Crippen LogP contribution in [0.15, 0.2) is 17.3 Å². The van der Waals surface area contributed by atoms with Crippen molar-refractivity contribution >= 4 is 18.0 Å². The summed E-state index contributed by atoms with van der Waals surface area (Å²) in [6.45, 7) is -0.0107. The molecule has 2 rings (SSSR count). The van der Waals surface area contributed by atoms with Gasteiger partial charge in [0.25, 0.3) is 0 Å². The minimum atomic E-state index is -1.16. The molecule has 0 aliphatic heterocycles. The lowest BCUT2D eigenvalue weighted by Crippen LogP contribution is -2.21. The van der Waals surface area contributed by atoms with Crippen LogP contribution < -0.4 is 5.32 Å². The number of amides is 1. The van der Waals surface area contributed by atoms with Crippen molar-refractivity contribution in [3.8, 4) is 0 Å². The van der Waals surface area contributed by atoms with E-state index in [-0.39, 0.29) is 6.54 Å². The van der Waals surface area contributed by atoms with Gasteiger partial charge < -0.3 is 15.6 Å². The first-order valence-corrected chi connectivity index (χ1v) is 4.56. The Labute approximate surface area is 94.4 Å². The molecular weight excluding hydrogens is 228 g/mol. The Balaban J connectivity index is 2.36. The molecule has 2 aromatic rings. The van der Waals surface area contributed by atoms with Gasteiger partial charge in [-0.1, -0.05) is 5.16 Å². The van der Waals surface area contributed by atoms with Crippen LogP contribution >= 0.6 is 0 Å². The lowest BCUT2D eigenvalue weighted by Gasteiger charge is -1.99. The Kier molecular flexibility index (Phi) is 2.81. The zero-order chi connectivity index (χ0) is 12.3. The molecule has 88 valence electrons. The number of fused-ring (bicyclic) bond motifs is 1. The third-order valence-corrected chi connectivity index (χ3v) is 1.94. The molecule has 0 aromatic carbocycles. The molecule has 17 heavy (non-hydrogen) atoms. The van der Waals surface area contributed by atoms with E-state index in [0.29, 0.717) is 17.2 Å². The molecule has 0 unspecified atom stereocenters. The van der Waals surface area contributed by atoms with Crippen molar-refractivity contribution in [2.45, 2.75) is 6.54 Å². The first-order valence-electron chi connectivity index (χ1n) is 4.56. The van der Waals surface area contributed by atoms with E-state index in [9.17, 15) is 4.79 Å². The average molecular weight is 236 g/mol. The molecule has 0 atom stereocenters. The van der Waals surface area contributed by atoms with Gasteiger partial charge in [0.15, 0.2) is 11.5 Å². The summed E-state index contributed by atoms with van der Waals surface area (Å²) in [4.78, 5) is 10.4. The molecular formula is C8H8N6O3. The van der Waals surface area contributed by atoms with E-state index >= 15 is 0 Å². The van der Waals surface area contributed by atoms with E-state index < -0.39 is 6.09 Å². The second kappa shape index (κ2) is 4.43. The Hall–Kier alpha value is -2.71. The van der Waals surface area contributed by atoms with Gasteiger partial charge in [-0.05, 0) is 12.1 Å². The Morgan fingerprint density at radius 1 is 1.53 bits per heavy atom. The number of aromatic nitrogens is 4. The molecule has 2 aromatic heterocycles. The summed E-state index contributed by atoms with van der Waals surface area (Å²) in [5.41, 5.74) is 0.874. The van der Waals surface area contributed by atoms with Crippen LogP contribution in [0.4, 0.5) is 4.79 Å². The summed E-state index contributed by atoms with van der Waals surface area (Å²) in [6, 6.07) is 3.22. The van der Waals surface area contributed by atoms with Gasteiger partial charge in [0.2, 0.25) is 0 Å². The van der Waals surface area contributed by atoms with Crippen LogP contribution in [0.2, 0.25) is 0 Å². The van der Waals surface area contributed by atoms with Gasteiger partial charge in [-0.15, -0.1) is 10.2 Å². The summed E-state index contributed by atoms with van der Waals surface area (Å²) in [6.07, 6.45) is -0.0109. The third-order valence-electron chi connectivity index (χ3n) is 1.94. The predicted molar refractivity (Wildman–Crippen MR) is 55.0 cm³/mol. The van der Waals surface area contributed by atoms with Gasteiger partial charge in [0.1, 0.15) is 5.69 Å². The number of nitrogens with one attached hydrogen (secondary N) is 1. The molecule has 9 heteroatoms. The number of nitrogens with zero attached hydrogens (tertiary/aromatic N) is 5. The van der Waals surface area contributed by atoms with Gasteiger partial charge in [-0.25, -0.2) is 4.79 Å². The minimum Gasteiger partial charge on any atom is -0.465 e. The Morgan fingerprint density at radius 3 is 3.06 bits per heavy atom. The summed E-state index contributed by atoms with van der Waals surface area (Å²) in [7, 11) is 0. The lowest BCUT2D eigenvalue weighted by atomic mass is 10.4. The molecule has 3 N–H and O–H groups in total. The number of hydrogen-bond acceptors (Lipinski definition) is 6. The number of hydrogen-bond donors (Lipinski definition) is 3. The summed E-state index contributed by atoms with van der Waals surface area (Å²) in [5.74, 6) is 0.343. The topological polar surface area (TPSA) is 125 Å².